The summed E-state index contributed by atoms with van der Waals surface area (Å²) in [5.41, 5.74) is 11.7. The molecule has 0 unspecified atom stereocenters. The van der Waals surface area contributed by atoms with Crippen molar-refractivity contribution in [2.75, 3.05) is 25.1 Å². The number of aliphatic carboxylic acids is 1. The van der Waals surface area contributed by atoms with E-state index in [1.165, 1.54) is 36.0 Å². The van der Waals surface area contributed by atoms with Crippen molar-refractivity contribution in [3.05, 3.63) is 29.8 Å². The van der Waals surface area contributed by atoms with Gasteiger partial charge in [0.15, 0.2) is 0 Å². The van der Waals surface area contributed by atoms with Crippen LogP contribution in [-0.4, -0.2) is 141 Å². The molecule has 0 bridgehead atoms. The summed E-state index contributed by atoms with van der Waals surface area (Å²) >= 11 is 1.34. The molecule has 0 aromatic heterocycles. The molecule has 1 aliphatic rings. The molecule has 2 rings (SSSR count). The Labute approximate surface area is 416 Å². The molecule has 15 N–H and O–H groups in total. The Hall–Kier alpha value is -5.82. The maximum atomic E-state index is 14.4. The van der Waals surface area contributed by atoms with Gasteiger partial charge in [-0.2, -0.15) is 11.8 Å². The van der Waals surface area contributed by atoms with Gasteiger partial charge in [-0.05, 0) is 92.9 Å². The summed E-state index contributed by atoms with van der Waals surface area (Å²) in [7, 11) is -4.93. The number of benzene rings is 1. The number of phosphoric acid groups is 1. The first-order valence-corrected chi connectivity index (χ1v) is 26.2. The maximum absolute atomic E-state index is 14.4. The molecule has 0 spiro atoms. The zero-order chi connectivity index (χ0) is 53.4. The molecule has 0 aliphatic carbocycles. The number of carbonyl (C=O) groups excluding carboxylic acids is 9. The summed E-state index contributed by atoms with van der Waals surface area (Å²) in [6.07, 6.45) is 1.16. The SMILES string of the molecule is CSCC[C@@H]1NC(=O)[C@H](Cc2ccc(OP(=O)(O)O)cc2)NC(=O)[C@@H](NC(=O)[C@H](CC(C)C)NC(=O)CNC(=O)[C@@H](N)CCC(=O)O)CCCCNC(=O)CC[C@@H](C(=O)N[C@@H](CC(C)C)C(N)=O)NC1=O. The van der Waals surface area contributed by atoms with Crippen molar-refractivity contribution in [2.45, 2.75) is 141 Å². The number of nitrogens with two attached hydrogens (primary N) is 2. The minimum absolute atomic E-state index is 0.0166. The molecule has 1 aromatic rings. The van der Waals surface area contributed by atoms with Crippen molar-refractivity contribution in [2.24, 2.45) is 23.3 Å². The van der Waals surface area contributed by atoms with Crippen molar-refractivity contribution in [3.63, 3.8) is 0 Å². The highest BCUT2D eigenvalue weighted by atomic mass is 32.2. The zero-order valence-electron chi connectivity index (χ0n) is 40.7. The first kappa shape index (κ1) is 61.3. The lowest BCUT2D eigenvalue weighted by Gasteiger charge is -2.28. The second-order valence-electron chi connectivity index (χ2n) is 17.9. The van der Waals surface area contributed by atoms with Crippen molar-refractivity contribution in [3.8, 4) is 5.75 Å². The number of rotatable bonds is 23. The van der Waals surface area contributed by atoms with Crippen LogP contribution in [0.15, 0.2) is 24.3 Å². The number of primary amides is 1. The van der Waals surface area contributed by atoms with Crippen molar-refractivity contribution < 1.29 is 71.9 Å². The van der Waals surface area contributed by atoms with E-state index in [1.807, 2.05) is 13.8 Å². The number of thioether (sulfide) groups is 1. The molecule has 1 saturated heterocycles. The second kappa shape index (κ2) is 30.8. The van der Waals surface area contributed by atoms with E-state index >= 15 is 0 Å². The summed E-state index contributed by atoms with van der Waals surface area (Å²) in [4.78, 5) is 151. The van der Waals surface area contributed by atoms with Crippen LogP contribution in [0.1, 0.15) is 97.5 Å². The predicted octanol–water partition coefficient (Wildman–Crippen LogP) is -1.67. The molecule has 0 saturated carbocycles. The molecule has 1 aromatic carbocycles. The summed E-state index contributed by atoms with van der Waals surface area (Å²) < 4.78 is 16.1. The predicted molar refractivity (Wildman–Crippen MR) is 259 cm³/mol. The van der Waals surface area contributed by atoms with Gasteiger partial charge in [0.1, 0.15) is 42.0 Å². The number of hydrogen-bond acceptors (Lipinski definition) is 14. The molecule has 71 heavy (non-hydrogen) atoms. The van der Waals surface area contributed by atoms with Crippen molar-refractivity contribution >= 4 is 78.7 Å². The summed E-state index contributed by atoms with van der Waals surface area (Å²) in [6, 6.07) is -3.87. The van der Waals surface area contributed by atoms with Gasteiger partial charge in [-0.3, -0.25) is 57.7 Å². The van der Waals surface area contributed by atoms with Gasteiger partial charge in [-0.25, -0.2) is 4.57 Å². The van der Waals surface area contributed by atoms with Gasteiger partial charge in [-0.1, -0.05) is 39.8 Å². The second-order valence-corrected chi connectivity index (χ2v) is 20.1. The Morgan fingerprint density at radius 1 is 0.845 bits per heavy atom. The fraction of sp³-hybridized carbons (Fsp3) is 0.636. The number of amides is 9. The normalized spacial score (nSPS) is 20.0. The summed E-state index contributed by atoms with van der Waals surface area (Å²) in [6.45, 7) is 6.66. The molecule has 1 heterocycles. The van der Waals surface area contributed by atoms with Crippen LogP contribution >= 0.6 is 19.6 Å². The van der Waals surface area contributed by atoms with Crippen LogP contribution in [-0.2, 0) is 58.9 Å². The van der Waals surface area contributed by atoms with Gasteiger partial charge in [0, 0.05) is 25.8 Å². The maximum Gasteiger partial charge on any atom is 0.524 e. The molecule has 1 aliphatic heterocycles. The van der Waals surface area contributed by atoms with Gasteiger partial charge in [-0.15, -0.1) is 0 Å². The minimum Gasteiger partial charge on any atom is -0.481 e. The Morgan fingerprint density at radius 2 is 1.46 bits per heavy atom. The Morgan fingerprint density at radius 3 is 2.06 bits per heavy atom. The lowest BCUT2D eigenvalue weighted by atomic mass is 10.0. The fourth-order valence-electron chi connectivity index (χ4n) is 7.11. The average molecular weight is 1040 g/mol. The first-order valence-electron chi connectivity index (χ1n) is 23.2. The highest BCUT2D eigenvalue weighted by Crippen LogP contribution is 2.37. The van der Waals surface area contributed by atoms with Crippen LogP contribution in [0, 0.1) is 11.8 Å². The van der Waals surface area contributed by atoms with Crippen LogP contribution < -0.4 is 58.5 Å². The standard InChI is InChI=1S/C44H71N10O15PS/c1-24(2)20-32(38(46)59)53-41(62)30-14-15-35(55)47-18-7-6-8-29(50-43(64)33(21-25(3)4)49-36(56)23-48-39(60)28(45)13-16-37(57)58)40(61)54-34(44(65)52-31(17-19-71-5)42(63)51-30)22-26-9-11-27(12-10-26)69-70(66,67)68/h9-12,24-25,28-34H,6-8,13-23,45H2,1-5H3,(H2,46,59)(H,47,55)(H,48,60)(H,49,56)(H,50,64)(H,51,63)(H,52,65)(H,53,62)(H,54,61)(H,57,58)(H2,66,67,68)/t28-,29-,30-,31-,32-,33-,34-/m0/s1. The smallest absolute Gasteiger partial charge is 0.481 e. The molecule has 1 fully saturated rings. The van der Waals surface area contributed by atoms with Gasteiger partial charge in [0.05, 0.1) is 12.6 Å². The van der Waals surface area contributed by atoms with Crippen LogP contribution in [0.5, 0.6) is 5.75 Å². The van der Waals surface area contributed by atoms with E-state index in [0.717, 1.165) is 0 Å². The highest BCUT2D eigenvalue weighted by Gasteiger charge is 2.34. The Kier molecular flexibility index (Phi) is 26.6. The van der Waals surface area contributed by atoms with E-state index < -0.39 is 116 Å². The van der Waals surface area contributed by atoms with E-state index in [1.54, 1.807) is 20.1 Å². The molecule has 25 nitrogen and oxygen atoms in total. The molecule has 398 valence electrons. The van der Waals surface area contributed by atoms with Gasteiger partial charge in [0.2, 0.25) is 53.2 Å². The monoisotopic (exact) mass is 1040 g/mol. The third-order valence-electron chi connectivity index (χ3n) is 10.8. The molecular formula is C44H71N10O15PS. The quantitative estimate of drug-likeness (QED) is 0.0545. The molecule has 7 atom stereocenters. The molecule has 27 heteroatoms. The number of carboxylic acids is 1. The van der Waals surface area contributed by atoms with Gasteiger partial charge < -0.3 is 63.6 Å². The Bertz CT molecular complexity index is 2060. The highest BCUT2D eigenvalue weighted by molar-refractivity contribution is 7.98. The third-order valence-corrected chi connectivity index (χ3v) is 11.9. The lowest BCUT2D eigenvalue weighted by Crippen LogP contribution is -2.60. The van der Waals surface area contributed by atoms with Gasteiger partial charge in [0.25, 0.3) is 0 Å². The van der Waals surface area contributed by atoms with Crippen molar-refractivity contribution in [1.29, 1.82) is 0 Å². The first-order chi connectivity index (χ1) is 33.3. The van der Waals surface area contributed by atoms with E-state index in [0.29, 0.717) is 11.3 Å². The van der Waals surface area contributed by atoms with Gasteiger partial charge >= 0.3 is 13.8 Å². The number of phosphoric ester groups is 1. The van der Waals surface area contributed by atoms with Crippen LogP contribution in [0.25, 0.3) is 0 Å². The topological polar surface area (TPSA) is 406 Å². The van der Waals surface area contributed by atoms with E-state index in [2.05, 4.69) is 47.1 Å². The number of nitrogens with one attached hydrogen (secondary N) is 8. The lowest BCUT2D eigenvalue weighted by molar-refractivity contribution is -0.137. The van der Waals surface area contributed by atoms with Crippen LogP contribution in [0.3, 0.4) is 0 Å². The number of hydrogen-bond donors (Lipinski definition) is 13. The molecular weight excluding hydrogens is 972 g/mol. The molecule has 0 radical (unpaired) electrons. The summed E-state index contributed by atoms with van der Waals surface area (Å²) in [5, 5.41) is 29.7. The summed E-state index contributed by atoms with van der Waals surface area (Å²) in [5.74, 6) is -8.34. The van der Waals surface area contributed by atoms with Crippen LogP contribution in [0.4, 0.5) is 0 Å². The Balaban J connectivity index is 2.56. The largest absolute Gasteiger partial charge is 0.524 e. The number of carboxylic acid groups (broad SMARTS) is 1. The fourth-order valence-corrected chi connectivity index (χ4v) is 7.98. The minimum atomic E-state index is -4.93. The molecule has 9 amide bonds. The average Bonchev–Trinajstić information content (AvgIpc) is 3.27. The van der Waals surface area contributed by atoms with E-state index in [4.69, 9.17) is 16.6 Å². The van der Waals surface area contributed by atoms with E-state index in [-0.39, 0.29) is 94.8 Å². The van der Waals surface area contributed by atoms with Crippen molar-refractivity contribution in [1.82, 2.24) is 42.5 Å². The zero-order valence-corrected chi connectivity index (χ0v) is 42.4. The number of carbonyl (C=O) groups is 10. The van der Waals surface area contributed by atoms with Crippen LogP contribution in [0.2, 0.25) is 0 Å². The van der Waals surface area contributed by atoms with E-state index in [9.17, 15) is 62.3 Å². The third kappa shape index (κ3) is 24.7.